The van der Waals surface area contributed by atoms with Gasteiger partial charge < -0.3 is 4.90 Å². The quantitative estimate of drug-likeness (QED) is 0.458. The number of rotatable bonds is 3. The first-order chi connectivity index (χ1) is 13.0. The molecule has 0 atom stereocenters. The van der Waals surface area contributed by atoms with Crippen LogP contribution in [0.5, 0.6) is 0 Å². The number of carbonyl (C=O) groups excluding carboxylic acids is 1. The highest BCUT2D eigenvalue weighted by atomic mass is 35.5. The lowest BCUT2D eigenvalue weighted by atomic mass is 9.98. The van der Waals surface area contributed by atoms with Gasteiger partial charge in [0.25, 0.3) is 0 Å². The molecule has 0 unspecified atom stereocenters. The fourth-order valence-electron chi connectivity index (χ4n) is 3.49. The van der Waals surface area contributed by atoms with Crippen molar-refractivity contribution < 1.29 is 9.18 Å². The van der Waals surface area contributed by atoms with E-state index < -0.39 is 5.82 Å². The van der Waals surface area contributed by atoms with Gasteiger partial charge in [-0.15, -0.1) is 0 Å². The van der Waals surface area contributed by atoms with Gasteiger partial charge in [-0.05, 0) is 37.0 Å². The van der Waals surface area contributed by atoms with Crippen LogP contribution in [-0.4, -0.2) is 34.0 Å². The second-order valence-electron chi connectivity index (χ2n) is 6.85. The van der Waals surface area contributed by atoms with Crippen molar-refractivity contribution >= 4 is 41.0 Å². The summed E-state index contributed by atoms with van der Waals surface area (Å²) in [6.45, 7) is 3.86. The number of anilines is 1. The summed E-state index contributed by atoms with van der Waals surface area (Å²) in [5.74, 6) is 0.929. The van der Waals surface area contributed by atoms with E-state index in [4.69, 9.17) is 23.2 Å². The predicted molar refractivity (Wildman–Crippen MR) is 104 cm³/mol. The lowest BCUT2D eigenvalue weighted by Crippen LogP contribution is -2.34. The zero-order valence-electron chi connectivity index (χ0n) is 14.6. The van der Waals surface area contributed by atoms with E-state index >= 15 is 0 Å². The van der Waals surface area contributed by atoms with Crippen molar-refractivity contribution in [2.75, 3.05) is 18.0 Å². The van der Waals surface area contributed by atoms with Gasteiger partial charge in [-0.25, -0.2) is 9.37 Å². The minimum atomic E-state index is -0.426. The van der Waals surface area contributed by atoms with E-state index in [9.17, 15) is 9.18 Å². The normalized spacial score (nSPS) is 15.5. The van der Waals surface area contributed by atoms with E-state index in [2.05, 4.69) is 21.9 Å². The average Bonchev–Trinajstić information content (AvgIpc) is 3.04. The van der Waals surface area contributed by atoms with E-state index in [1.165, 1.54) is 18.3 Å². The maximum Gasteiger partial charge on any atom is 0.169 e. The highest BCUT2D eigenvalue weighted by molar-refractivity contribution is 6.36. The second-order valence-corrected chi connectivity index (χ2v) is 7.61. The Labute approximate surface area is 165 Å². The predicted octanol–water partition coefficient (Wildman–Crippen LogP) is 4.89. The maximum absolute atomic E-state index is 13.6. The van der Waals surface area contributed by atoms with Crippen molar-refractivity contribution in [2.45, 2.75) is 19.8 Å². The molecule has 140 valence electrons. The van der Waals surface area contributed by atoms with Crippen LogP contribution in [0.3, 0.4) is 0 Å². The smallest absolute Gasteiger partial charge is 0.169 e. The molecule has 0 spiro atoms. The van der Waals surface area contributed by atoms with Gasteiger partial charge in [0.2, 0.25) is 0 Å². The summed E-state index contributed by atoms with van der Waals surface area (Å²) >= 11 is 12.9. The molecule has 1 fully saturated rings. The second kappa shape index (κ2) is 7.09. The molecule has 0 radical (unpaired) electrons. The number of nitrogens with zero attached hydrogens (tertiary/aromatic N) is 4. The summed E-state index contributed by atoms with van der Waals surface area (Å²) in [5.41, 5.74) is 1.92. The Bertz CT molecular complexity index is 1030. The average molecular weight is 407 g/mol. The molecule has 1 saturated heterocycles. The van der Waals surface area contributed by atoms with E-state index in [1.807, 2.05) is 0 Å². The van der Waals surface area contributed by atoms with E-state index in [1.54, 1.807) is 10.6 Å². The Morgan fingerprint density at radius 3 is 2.67 bits per heavy atom. The van der Waals surface area contributed by atoms with Crippen LogP contribution in [-0.2, 0) is 0 Å². The van der Waals surface area contributed by atoms with Gasteiger partial charge in [0, 0.05) is 18.7 Å². The highest BCUT2D eigenvalue weighted by Crippen LogP contribution is 2.41. The monoisotopic (exact) mass is 406 g/mol. The van der Waals surface area contributed by atoms with E-state index in [0.29, 0.717) is 34.5 Å². The lowest BCUT2D eigenvalue weighted by molar-refractivity contribution is 0.112. The third kappa shape index (κ3) is 3.17. The Hall–Kier alpha value is -2.18. The van der Waals surface area contributed by atoms with Crippen molar-refractivity contribution in [2.24, 2.45) is 5.92 Å². The van der Waals surface area contributed by atoms with Crippen LogP contribution in [0.4, 0.5) is 10.2 Å². The minimum Gasteiger partial charge on any atom is -0.356 e. The van der Waals surface area contributed by atoms with Gasteiger partial charge in [0.1, 0.15) is 16.8 Å². The van der Waals surface area contributed by atoms with Gasteiger partial charge in [0.05, 0.1) is 22.3 Å². The molecular weight excluding hydrogens is 390 g/mol. The molecule has 1 aromatic carbocycles. The first-order valence-electron chi connectivity index (χ1n) is 8.72. The molecule has 0 saturated carbocycles. The Morgan fingerprint density at radius 1 is 1.26 bits per heavy atom. The van der Waals surface area contributed by atoms with Crippen LogP contribution < -0.4 is 4.90 Å². The van der Waals surface area contributed by atoms with Crippen molar-refractivity contribution in [3.63, 3.8) is 0 Å². The number of piperidine rings is 1. The molecule has 3 aromatic rings. The minimum absolute atomic E-state index is 0.202. The number of fused-ring (bicyclic) bond motifs is 1. The number of hydrogen-bond acceptors (Lipinski definition) is 4. The topological polar surface area (TPSA) is 50.5 Å². The number of benzene rings is 1. The Balaban J connectivity index is 2.00. The molecule has 4 rings (SSSR count). The van der Waals surface area contributed by atoms with Crippen LogP contribution in [0.1, 0.15) is 30.1 Å². The summed E-state index contributed by atoms with van der Waals surface area (Å²) in [4.78, 5) is 17.9. The third-order valence-electron chi connectivity index (χ3n) is 5.02. The van der Waals surface area contributed by atoms with Crippen LogP contribution in [0, 0.1) is 11.7 Å². The van der Waals surface area contributed by atoms with Crippen LogP contribution in [0.15, 0.2) is 24.4 Å². The maximum atomic E-state index is 13.6. The number of aldehydes is 1. The Kier molecular flexibility index (Phi) is 4.78. The fourth-order valence-corrected chi connectivity index (χ4v) is 4.02. The lowest BCUT2D eigenvalue weighted by Gasteiger charge is -2.33. The highest BCUT2D eigenvalue weighted by Gasteiger charge is 2.27. The number of aromatic nitrogens is 3. The molecule has 0 bridgehead atoms. The molecule has 27 heavy (non-hydrogen) atoms. The van der Waals surface area contributed by atoms with Gasteiger partial charge >= 0.3 is 0 Å². The van der Waals surface area contributed by atoms with Gasteiger partial charge in [0.15, 0.2) is 11.9 Å². The molecule has 0 amide bonds. The van der Waals surface area contributed by atoms with Crippen LogP contribution in [0.25, 0.3) is 16.8 Å². The van der Waals surface area contributed by atoms with Crippen LogP contribution >= 0.6 is 23.2 Å². The number of halogens is 3. The van der Waals surface area contributed by atoms with Crippen LogP contribution in [0.2, 0.25) is 10.2 Å². The molecule has 2 aromatic heterocycles. The zero-order valence-corrected chi connectivity index (χ0v) is 16.1. The SMILES string of the molecule is CC1CCN(c2c(-c3ccc(F)cc3Cl)c(Cl)nc3c(C=O)cnn23)CC1. The molecule has 1 aliphatic rings. The molecule has 0 N–H and O–H groups in total. The van der Waals surface area contributed by atoms with Crippen molar-refractivity contribution in [1.29, 1.82) is 0 Å². The summed E-state index contributed by atoms with van der Waals surface area (Å²) in [6.07, 6.45) is 4.23. The van der Waals surface area contributed by atoms with Crippen molar-refractivity contribution in [3.8, 4) is 11.1 Å². The molecule has 1 aliphatic heterocycles. The molecule has 3 heterocycles. The van der Waals surface area contributed by atoms with Gasteiger partial charge in [-0.3, -0.25) is 4.79 Å². The third-order valence-corrected chi connectivity index (χ3v) is 5.60. The molecule has 8 heteroatoms. The van der Waals surface area contributed by atoms with E-state index in [-0.39, 0.29) is 10.2 Å². The summed E-state index contributed by atoms with van der Waals surface area (Å²) < 4.78 is 15.2. The van der Waals surface area contributed by atoms with E-state index in [0.717, 1.165) is 31.7 Å². The number of carbonyl (C=O) groups is 1. The van der Waals surface area contributed by atoms with Gasteiger partial charge in [-0.2, -0.15) is 9.61 Å². The first kappa shape index (κ1) is 18.2. The largest absolute Gasteiger partial charge is 0.356 e. The van der Waals surface area contributed by atoms with Crippen molar-refractivity contribution in [3.05, 3.63) is 46.0 Å². The molecule has 0 aliphatic carbocycles. The summed E-state index contributed by atoms with van der Waals surface area (Å²) in [7, 11) is 0. The summed E-state index contributed by atoms with van der Waals surface area (Å²) in [6, 6.07) is 4.18. The molecular formula is C19H17Cl2FN4O. The summed E-state index contributed by atoms with van der Waals surface area (Å²) in [5, 5.41) is 4.81. The standard InChI is InChI=1S/C19H17Cl2FN4O/c1-11-4-6-25(7-5-11)19-16(14-3-2-13(22)8-15(14)20)17(21)24-18-12(10-27)9-23-26(18)19/h2-3,8-11H,4-7H2,1H3. The molecule has 5 nitrogen and oxygen atoms in total. The first-order valence-corrected chi connectivity index (χ1v) is 9.48. The fraction of sp³-hybridized carbons (Fsp3) is 0.316. The Morgan fingerprint density at radius 2 is 2.00 bits per heavy atom. The van der Waals surface area contributed by atoms with Gasteiger partial charge in [-0.1, -0.05) is 30.1 Å². The number of hydrogen-bond donors (Lipinski definition) is 0. The van der Waals surface area contributed by atoms with Crippen molar-refractivity contribution in [1.82, 2.24) is 14.6 Å². The zero-order chi connectivity index (χ0) is 19.1.